The molecule has 1 saturated heterocycles. The molecule has 0 radical (unpaired) electrons. The van der Waals surface area contributed by atoms with Gasteiger partial charge < -0.3 is 19.3 Å². The molecule has 0 bridgehead atoms. The maximum absolute atomic E-state index is 9.90. The summed E-state index contributed by atoms with van der Waals surface area (Å²) in [5.41, 5.74) is 1.11. The maximum Gasteiger partial charge on any atom is 0.163 e. The van der Waals surface area contributed by atoms with Crippen LogP contribution in [0.2, 0.25) is 0 Å². The fourth-order valence-electron chi connectivity index (χ4n) is 2.14. The minimum Gasteiger partial charge on any atom is -0.391 e. The van der Waals surface area contributed by atoms with Crippen LogP contribution in [0.1, 0.15) is 25.8 Å². The molecule has 4 heteroatoms. The SMILES string of the molecule is CC1(C)OCC(CC(O)COCc2ccccc2)O1. The predicted octanol–water partition coefficient (Wildman–Crippen LogP) is 2.11. The molecule has 1 aromatic carbocycles. The van der Waals surface area contributed by atoms with Crippen LogP contribution >= 0.6 is 0 Å². The number of hydrogen-bond acceptors (Lipinski definition) is 4. The molecular formula is C15H22O4. The minimum atomic E-state index is -0.532. The summed E-state index contributed by atoms with van der Waals surface area (Å²) in [5.74, 6) is -0.532. The lowest BCUT2D eigenvalue weighted by molar-refractivity contribution is -0.142. The van der Waals surface area contributed by atoms with E-state index in [1.807, 2.05) is 44.2 Å². The van der Waals surface area contributed by atoms with E-state index in [9.17, 15) is 5.11 Å². The van der Waals surface area contributed by atoms with E-state index >= 15 is 0 Å². The molecule has 1 N–H and O–H groups in total. The molecule has 2 atom stereocenters. The van der Waals surface area contributed by atoms with Gasteiger partial charge in [0, 0.05) is 6.42 Å². The van der Waals surface area contributed by atoms with Crippen LogP contribution in [0, 0.1) is 0 Å². The second-order valence-electron chi connectivity index (χ2n) is 5.34. The average Bonchev–Trinajstić information content (AvgIpc) is 2.70. The van der Waals surface area contributed by atoms with E-state index in [-0.39, 0.29) is 6.10 Å². The van der Waals surface area contributed by atoms with Gasteiger partial charge in [0.2, 0.25) is 0 Å². The fourth-order valence-corrected chi connectivity index (χ4v) is 2.14. The summed E-state index contributed by atoms with van der Waals surface area (Å²) < 4.78 is 16.6. The van der Waals surface area contributed by atoms with Gasteiger partial charge in [0.25, 0.3) is 0 Å². The monoisotopic (exact) mass is 266 g/mol. The number of benzene rings is 1. The van der Waals surface area contributed by atoms with Gasteiger partial charge in [-0.05, 0) is 19.4 Å². The second-order valence-corrected chi connectivity index (χ2v) is 5.34. The molecule has 0 amide bonds. The number of rotatable bonds is 6. The smallest absolute Gasteiger partial charge is 0.163 e. The fraction of sp³-hybridized carbons (Fsp3) is 0.600. The third kappa shape index (κ3) is 4.91. The standard InChI is InChI=1S/C15H22O4/c1-15(2)18-11-14(19-15)8-13(16)10-17-9-12-6-4-3-5-7-12/h3-7,13-14,16H,8-11H2,1-2H3. The van der Waals surface area contributed by atoms with Crippen molar-refractivity contribution in [1.82, 2.24) is 0 Å². The molecule has 2 unspecified atom stereocenters. The molecule has 19 heavy (non-hydrogen) atoms. The van der Waals surface area contributed by atoms with E-state index in [1.165, 1.54) is 0 Å². The number of aliphatic hydroxyl groups is 1. The van der Waals surface area contributed by atoms with Crippen molar-refractivity contribution in [2.75, 3.05) is 13.2 Å². The normalized spacial score (nSPS) is 23.4. The van der Waals surface area contributed by atoms with Gasteiger partial charge >= 0.3 is 0 Å². The van der Waals surface area contributed by atoms with Crippen LogP contribution in [-0.4, -0.2) is 36.3 Å². The zero-order valence-electron chi connectivity index (χ0n) is 11.5. The Hall–Kier alpha value is -0.940. The highest BCUT2D eigenvalue weighted by atomic mass is 16.7. The molecular weight excluding hydrogens is 244 g/mol. The van der Waals surface area contributed by atoms with Gasteiger partial charge in [-0.3, -0.25) is 0 Å². The largest absolute Gasteiger partial charge is 0.391 e. The first-order valence-corrected chi connectivity index (χ1v) is 6.67. The Morgan fingerprint density at radius 1 is 1.37 bits per heavy atom. The van der Waals surface area contributed by atoms with Gasteiger partial charge in [-0.1, -0.05) is 30.3 Å². The van der Waals surface area contributed by atoms with Gasteiger partial charge in [-0.2, -0.15) is 0 Å². The second kappa shape index (κ2) is 6.48. The topological polar surface area (TPSA) is 47.9 Å². The summed E-state index contributed by atoms with van der Waals surface area (Å²) in [6, 6.07) is 9.92. The summed E-state index contributed by atoms with van der Waals surface area (Å²) in [4.78, 5) is 0. The van der Waals surface area contributed by atoms with Gasteiger partial charge in [0.1, 0.15) is 0 Å². The van der Waals surface area contributed by atoms with Crippen LogP contribution in [-0.2, 0) is 20.8 Å². The molecule has 0 spiro atoms. The van der Waals surface area contributed by atoms with Crippen molar-refractivity contribution >= 4 is 0 Å². The minimum absolute atomic E-state index is 0.0506. The summed E-state index contributed by atoms with van der Waals surface area (Å²) in [6.45, 7) is 5.12. The molecule has 1 heterocycles. The van der Waals surface area contributed by atoms with Crippen LogP contribution in [0.5, 0.6) is 0 Å². The molecule has 1 aliphatic heterocycles. The average molecular weight is 266 g/mol. The predicted molar refractivity (Wildman–Crippen MR) is 71.6 cm³/mol. The third-order valence-electron chi connectivity index (χ3n) is 3.02. The van der Waals surface area contributed by atoms with Crippen LogP contribution in [0.4, 0.5) is 0 Å². The highest BCUT2D eigenvalue weighted by molar-refractivity contribution is 5.13. The first-order chi connectivity index (χ1) is 9.05. The van der Waals surface area contributed by atoms with Crippen molar-refractivity contribution in [3.05, 3.63) is 35.9 Å². The highest BCUT2D eigenvalue weighted by Crippen LogP contribution is 2.24. The Morgan fingerprint density at radius 3 is 2.74 bits per heavy atom. The molecule has 0 saturated carbocycles. The first kappa shape index (κ1) is 14.5. The molecule has 1 aromatic rings. The summed E-state index contributed by atoms with van der Waals surface area (Å²) in [6.07, 6.45) is -0.0327. The Bertz CT molecular complexity index is 377. The van der Waals surface area contributed by atoms with Gasteiger partial charge in [0.15, 0.2) is 5.79 Å². The third-order valence-corrected chi connectivity index (χ3v) is 3.02. The van der Waals surface area contributed by atoms with E-state index in [0.29, 0.717) is 26.2 Å². The van der Waals surface area contributed by atoms with Crippen molar-refractivity contribution in [2.45, 2.75) is 44.9 Å². The Morgan fingerprint density at radius 2 is 2.11 bits per heavy atom. The van der Waals surface area contributed by atoms with Gasteiger partial charge in [-0.25, -0.2) is 0 Å². The van der Waals surface area contributed by atoms with E-state index in [1.54, 1.807) is 0 Å². The quantitative estimate of drug-likeness (QED) is 0.856. The summed E-state index contributed by atoms with van der Waals surface area (Å²) in [7, 11) is 0. The van der Waals surface area contributed by atoms with Gasteiger partial charge in [0.05, 0.1) is 32.0 Å². The molecule has 4 nitrogen and oxygen atoms in total. The van der Waals surface area contributed by atoms with Crippen molar-refractivity contribution in [2.24, 2.45) is 0 Å². The van der Waals surface area contributed by atoms with E-state index in [0.717, 1.165) is 5.56 Å². The molecule has 1 fully saturated rings. The number of ether oxygens (including phenoxy) is 3. The van der Waals surface area contributed by atoms with Crippen LogP contribution in [0.25, 0.3) is 0 Å². The molecule has 106 valence electrons. The zero-order chi connectivity index (χ0) is 13.7. The summed E-state index contributed by atoms with van der Waals surface area (Å²) in [5, 5.41) is 9.90. The van der Waals surface area contributed by atoms with Crippen LogP contribution < -0.4 is 0 Å². The molecule has 0 aliphatic carbocycles. The highest BCUT2D eigenvalue weighted by Gasteiger charge is 2.33. The van der Waals surface area contributed by atoms with Gasteiger partial charge in [-0.15, -0.1) is 0 Å². The number of aliphatic hydroxyl groups excluding tert-OH is 1. The lowest BCUT2D eigenvalue weighted by atomic mass is 10.2. The van der Waals surface area contributed by atoms with E-state index in [2.05, 4.69) is 0 Å². The Balaban J connectivity index is 1.64. The van der Waals surface area contributed by atoms with E-state index < -0.39 is 11.9 Å². The lowest BCUT2D eigenvalue weighted by Crippen LogP contribution is -2.26. The maximum atomic E-state index is 9.90. The lowest BCUT2D eigenvalue weighted by Gasteiger charge is -2.18. The molecule has 2 rings (SSSR count). The van der Waals surface area contributed by atoms with Crippen molar-refractivity contribution in [3.63, 3.8) is 0 Å². The molecule has 0 aromatic heterocycles. The van der Waals surface area contributed by atoms with Crippen LogP contribution in [0.15, 0.2) is 30.3 Å². The Labute approximate surface area is 114 Å². The molecule has 1 aliphatic rings. The van der Waals surface area contributed by atoms with Crippen molar-refractivity contribution in [3.8, 4) is 0 Å². The zero-order valence-corrected chi connectivity index (χ0v) is 11.5. The van der Waals surface area contributed by atoms with E-state index in [4.69, 9.17) is 14.2 Å². The Kier molecular flexibility index (Phi) is 4.93. The van der Waals surface area contributed by atoms with Crippen LogP contribution in [0.3, 0.4) is 0 Å². The number of hydrogen-bond donors (Lipinski definition) is 1. The summed E-state index contributed by atoms with van der Waals surface area (Å²) >= 11 is 0. The van der Waals surface area contributed by atoms with Crippen molar-refractivity contribution in [1.29, 1.82) is 0 Å². The van der Waals surface area contributed by atoms with Crippen molar-refractivity contribution < 1.29 is 19.3 Å². The first-order valence-electron chi connectivity index (χ1n) is 6.67.